The summed E-state index contributed by atoms with van der Waals surface area (Å²) in [5.41, 5.74) is 2.49. The number of aryl methyl sites for hydroxylation is 3. The van der Waals surface area contributed by atoms with E-state index in [0.717, 1.165) is 16.9 Å². The van der Waals surface area contributed by atoms with E-state index >= 15 is 0 Å². The summed E-state index contributed by atoms with van der Waals surface area (Å²) in [6, 6.07) is 0. The van der Waals surface area contributed by atoms with Gasteiger partial charge in [0, 0.05) is 18.8 Å². The molecular formula is C12H19ClN4O2S. The van der Waals surface area contributed by atoms with E-state index in [4.69, 9.17) is 11.6 Å². The molecule has 0 spiro atoms. The molecule has 20 heavy (non-hydrogen) atoms. The highest BCUT2D eigenvalue weighted by molar-refractivity contribution is 7.91. The van der Waals surface area contributed by atoms with Crippen LogP contribution in [0.5, 0.6) is 0 Å². The minimum Gasteiger partial charge on any atom is -0.311 e. The molecule has 0 bridgehead atoms. The van der Waals surface area contributed by atoms with Crippen LogP contribution in [0.3, 0.4) is 0 Å². The van der Waals surface area contributed by atoms with Crippen molar-refractivity contribution in [2.75, 3.05) is 11.5 Å². The molecule has 2 aromatic rings. The van der Waals surface area contributed by atoms with E-state index in [1.54, 1.807) is 6.92 Å². The molecule has 112 valence electrons. The Balaban J connectivity index is 2.49. The molecule has 0 aliphatic heterocycles. The second-order valence-electron chi connectivity index (χ2n) is 4.62. The maximum absolute atomic E-state index is 11.7. The molecule has 0 amide bonds. The van der Waals surface area contributed by atoms with E-state index in [1.165, 1.54) is 0 Å². The summed E-state index contributed by atoms with van der Waals surface area (Å²) in [6.45, 7) is 6.61. The Kier molecular flexibility index (Phi) is 4.39. The summed E-state index contributed by atoms with van der Waals surface area (Å²) >= 11 is 5.93. The van der Waals surface area contributed by atoms with Gasteiger partial charge in [0.2, 0.25) is 0 Å². The van der Waals surface area contributed by atoms with Gasteiger partial charge >= 0.3 is 0 Å². The number of halogens is 1. The van der Waals surface area contributed by atoms with Gasteiger partial charge in [-0.2, -0.15) is 5.10 Å². The Morgan fingerprint density at radius 2 is 2.00 bits per heavy atom. The van der Waals surface area contributed by atoms with E-state index in [9.17, 15) is 8.42 Å². The van der Waals surface area contributed by atoms with Gasteiger partial charge in [-0.3, -0.25) is 0 Å². The molecule has 0 atom stereocenters. The van der Waals surface area contributed by atoms with Crippen LogP contribution in [0.15, 0.2) is 0 Å². The first kappa shape index (κ1) is 15.3. The molecule has 8 heteroatoms. The third-order valence-electron chi connectivity index (χ3n) is 3.36. The maximum atomic E-state index is 11.7. The predicted molar refractivity (Wildman–Crippen MR) is 79.8 cm³/mol. The van der Waals surface area contributed by atoms with Gasteiger partial charge in [0.15, 0.2) is 15.5 Å². The van der Waals surface area contributed by atoms with Gasteiger partial charge in [0.25, 0.3) is 0 Å². The molecular weight excluding hydrogens is 300 g/mol. The van der Waals surface area contributed by atoms with Crippen LogP contribution in [0, 0.1) is 6.92 Å². The lowest BCUT2D eigenvalue weighted by Crippen LogP contribution is -2.17. The topological polar surface area (TPSA) is 69.8 Å². The lowest BCUT2D eigenvalue weighted by molar-refractivity contribution is 0.585. The van der Waals surface area contributed by atoms with Crippen LogP contribution < -0.4 is 0 Å². The quantitative estimate of drug-likeness (QED) is 0.761. The normalized spacial score (nSPS) is 12.4. The number of aromatic nitrogens is 4. The van der Waals surface area contributed by atoms with Gasteiger partial charge in [-0.25, -0.2) is 18.1 Å². The largest absolute Gasteiger partial charge is 0.311 e. The number of sulfone groups is 1. The first-order chi connectivity index (χ1) is 9.43. The fourth-order valence-corrected chi connectivity index (χ4v) is 3.16. The summed E-state index contributed by atoms with van der Waals surface area (Å²) in [7, 11) is -3.02. The fourth-order valence-electron chi connectivity index (χ4n) is 2.20. The molecule has 0 saturated heterocycles. The van der Waals surface area contributed by atoms with Crippen molar-refractivity contribution < 1.29 is 8.42 Å². The van der Waals surface area contributed by atoms with Crippen LogP contribution >= 0.6 is 11.6 Å². The minimum atomic E-state index is -3.02. The summed E-state index contributed by atoms with van der Waals surface area (Å²) in [6.07, 6.45) is 0. The molecule has 2 heterocycles. The zero-order chi connectivity index (χ0) is 14.9. The van der Waals surface area contributed by atoms with Crippen LogP contribution in [0.2, 0.25) is 0 Å². The first-order valence-electron chi connectivity index (χ1n) is 6.62. The number of alkyl halides is 1. The van der Waals surface area contributed by atoms with Gasteiger partial charge in [-0.05, 0) is 13.8 Å². The van der Waals surface area contributed by atoms with Crippen LogP contribution in [0.4, 0.5) is 0 Å². The zero-order valence-corrected chi connectivity index (χ0v) is 13.5. The van der Waals surface area contributed by atoms with Crippen molar-refractivity contribution >= 4 is 32.6 Å². The summed E-state index contributed by atoms with van der Waals surface area (Å²) in [5.74, 6) is 1.18. The number of hydrogen-bond donors (Lipinski definition) is 0. The number of hydrogen-bond acceptors (Lipinski definition) is 4. The van der Waals surface area contributed by atoms with Crippen molar-refractivity contribution in [2.24, 2.45) is 0 Å². The molecule has 0 aromatic carbocycles. The van der Waals surface area contributed by atoms with Crippen LogP contribution in [0.1, 0.15) is 25.4 Å². The summed E-state index contributed by atoms with van der Waals surface area (Å²) < 4.78 is 27.1. The number of nitrogens with zero attached hydrogens (tertiary/aromatic N) is 4. The smallest absolute Gasteiger partial charge is 0.158 e. The van der Waals surface area contributed by atoms with E-state index < -0.39 is 9.84 Å². The molecule has 0 aliphatic carbocycles. The van der Waals surface area contributed by atoms with Gasteiger partial charge in [-0.1, -0.05) is 6.92 Å². The van der Waals surface area contributed by atoms with E-state index in [-0.39, 0.29) is 17.4 Å². The number of rotatable bonds is 6. The van der Waals surface area contributed by atoms with Gasteiger partial charge < -0.3 is 4.57 Å². The van der Waals surface area contributed by atoms with Gasteiger partial charge in [0.05, 0.1) is 17.3 Å². The Bertz CT molecular complexity index is 717. The minimum absolute atomic E-state index is 0.0901. The molecule has 0 radical (unpaired) electrons. The first-order valence-corrected chi connectivity index (χ1v) is 8.98. The van der Waals surface area contributed by atoms with E-state index in [2.05, 4.69) is 10.1 Å². The molecule has 0 unspecified atom stereocenters. The SMILES string of the molecule is CCn1nc(C)c2nc(CCl)n(CCS(=O)(=O)CC)c21. The second kappa shape index (κ2) is 5.73. The van der Waals surface area contributed by atoms with E-state index in [1.807, 2.05) is 23.1 Å². The average molecular weight is 319 g/mol. The van der Waals surface area contributed by atoms with Gasteiger partial charge in [-0.15, -0.1) is 11.6 Å². The third-order valence-corrected chi connectivity index (χ3v) is 5.29. The highest BCUT2D eigenvalue weighted by Gasteiger charge is 2.19. The number of fused-ring (bicyclic) bond motifs is 1. The lowest BCUT2D eigenvalue weighted by Gasteiger charge is -2.09. The highest BCUT2D eigenvalue weighted by Crippen LogP contribution is 2.21. The van der Waals surface area contributed by atoms with Gasteiger partial charge in [0.1, 0.15) is 11.3 Å². The molecule has 0 saturated carbocycles. The predicted octanol–water partition coefficient (Wildman–Crippen LogP) is 1.73. The van der Waals surface area contributed by atoms with E-state index in [0.29, 0.717) is 18.9 Å². The molecule has 2 rings (SSSR count). The molecule has 0 N–H and O–H groups in total. The van der Waals surface area contributed by atoms with Crippen LogP contribution in [-0.4, -0.2) is 39.3 Å². The molecule has 0 fully saturated rings. The Labute approximate surface area is 123 Å². The standard InChI is InChI=1S/C12H19ClN4O2S/c1-4-17-12-11(9(3)15-17)14-10(8-13)16(12)6-7-20(18,19)5-2/h4-8H2,1-3H3. The second-order valence-corrected chi connectivity index (χ2v) is 7.36. The Hall–Kier alpha value is -1.08. The van der Waals surface area contributed by atoms with Crippen LogP contribution in [-0.2, 0) is 28.8 Å². The summed E-state index contributed by atoms with van der Waals surface area (Å²) in [4.78, 5) is 4.48. The van der Waals surface area contributed by atoms with Crippen molar-refractivity contribution in [1.82, 2.24) is 19.3 Å². The van der Waals surface area contributed by atoms with Crippen molar-refractivity contribution in [2.45, 2.75) is 39.7 Å². The Morgan fingerprint density at radius 1 is 1.30 bits per heavy atom. The van der Waals surface area contributed by atoms with Crippen molar-refractivity contribution in [3.8, 4) is 0 Å². The zero-order valence-electron chi connectivity index (χ0n) is 11.9. The van der Waals surface area contributed by atoms with Crippen molar-refractivity contribution in [3.05, 3.63) is 11.5 Å². The highest BCUT2D eigenvalue weighted by atomic mass is 35.5. The lowest BCUT2D eigenvalue weighted by atomic mass is 10.4. The molecule has 6 nitrogen and oxygen atoms in total. The third kappa shape index (κ3) is 2.69. The maximum Gasteiger partial charge on any atom is 0.158 e. The Morgan fingerprint density at radius 3 is 2.55 bits per heavy atom. The van der Waals surface area contributed by atoms with Crippen molar-refractivity contribution in [1.29, 1.82) is 0 Å². The molecule has 2 aromatic heterocycles. The number of imidazole rings is 1. The van der Waals surface area contributed by atoms with Crippen LogP contribution in [0.25, 0.3) is 11.2 Å². The summed E-state index contributed by atoms with van der Waals surface area (Å²) in [5, 5.41) is 4.41. The monoisotopic (exact) mass is 318 g/mol. The fraction of sp³-hybridized carbons (Fsp3) is 0.667. The van der Waals surface area contributed by atoms with Crippen molar-refractivity contribution in [3.63, 3.8) is 0 Å². The molecule has 0 aliphatic rings. The average Bonchev–Trinajstić information content (AvgIpc) is 2.94.